The van der Waals surface area contributed by atoms with Crippen LogP contribution in [0.2, 0.25) is 0 Å². The number of nitrogens with zero attached hydrogens (tertiary/aromatic N) is 3. The fraction of sp³-hybridized carbons (Fsp3) is 0.571. The van der Waals surface area contributed by atoms with Gasteiger partial charge >= 0.3 is 0 Å². The fourth-order valence-electron chi connectivity index (χ4n) is 2.50. The molecule has 3 heterocycles. The van der Waals surface area contributed by atoms with Gasteiger partial charge in [0.1, 0.15) is 5.82 Å². The van der Waals surface area contributed by atoms with Gasteiger partial charge in [-0.05, 0) is 33.6 Å². The minimum atomic E-state index is 0.321. The van der Waals surface area contributed by atoms with E-state index in [1.807, 2.05) is 24.4 Å². The van der Waals surface area contributed by atoms with Gasteiger partial charge in [-0.25, -0.2) is 4.98 Å². The molecule has 0 bridgehead atoms. The number of aryl methyl sites for hydroxylation is 3. The van der Waals surface area contributed by atoms with Gasteiger partial charge in [0.05, 0.1) is 11.8 Å². The van der Waals surface area contributed by atoms with E-state index in [0.29, 0.717) is 6.10 Å². The lowest BCUT2D eigenvalue weighted by molar-refractivity contribution is 0.120. The van der Waals surface area contributed by atoms with Gasteiger partial charge in [0.15, 0.2) is 5.65 Å². The van der Waals surface area contributed by atoms with E-state index in [1.54, 1.807) is 0 Å². The molecule has 5 nitrogen and oxygen atoms in total. The van der Waals surface area contributed by atoms with Crippen LogP contribution in [0.4, 0.5) is 5.82 Å². The second-order valence-corrected chi connectivity index (χ2v) is 5.24. The Morgan fingerprint density at radius 2 is 2.26 bits per heavy atom. The summed E-state index contributed by atoms with van der Waals surface area (Å²) in [6.07, 6.45) is 2.62. The molecule has 3 rings (SSSR count). The van der Waals surface area contributed by atoms with Crippen molar-refractivity contribution in [3.63, 3.8) is 0 Å². The molecule has 0 spiro atoms. The number of ether oxygens (including phenoxy) is 1. The Morgan fingerprint density at radius 1 is 1.42 bits per heavy atom. The van der Waals surface area contributed by atoms with Crippen molar-refractivity contribution < 1.29 is 4.74 Å². The van der Waals surface area contributed by atoms with Crippen LogP contribution in [0.1, 0.15) is 29.8 Å². The molecule has 2 aromatic rings. The zero-order valence-electron chi connectivity index (χ0n) is 11.7. The molecule has 0 radical (unpaired) electrons. The lowest BCUT2D eigenvalue weighted by atomic mass is 10.2. The van der Waals surface area contributed by atoms with Crippen molar-refractivity contribution in [2.75, 3.05) is 18.5 Å². The zero-order valence-corrected chi connectivity index (χ0v) is 11.7. The standard InChI is InChI=1S/C14H20N4O/c1-9-7-13(15-8-12-5-4-6-19-12)18-14(16-9)10(2)11(3)17-18/h7,12,15H,4-6,8H2,1-3H3/t12-/m0/s1. The van der Waals surface area contributed by atoms with Crippen molar-refractivity contribution in [1.29, 1.82) is 0 Å². The van der Waals surface area contributed by atoms with Crippen LogP contribution in [-0.2, 0) is 4.74 Å². The Kier molecular flexibility index (Phi) is 3.14. The number of hydrogen-bond donors (Lipinski definition) is 1. The average molecular weight is 260 g/mol. The van der Waals surface area contributed by atoms with Crippen molar-refractivity contribution >= 4 is 11.5 Å². The number of hydrogen-bond acceptors (Lipinski definition) is 4. The van der Waals surface area contributed by atoms with Gasteiger partial charge in [-0.15, -0.1) is 0 Å². The topological polar surface area (TPSA) is 51.5 Å². The molecule has 1 fully saturated rings. The van der Waals surface area contributed by atoms with Crippen molar-refractivity contribution in [3.05, 3.63) is 23.0 Å². The maximum atomic E-state index is 5.64. The van der Waals surface area contributed by atoms with E-state index in [2.05, 4.69) is 22.3 Å². The summed E-state index contributed by atoms with van der Waals surface area (Å²) in [4.78, 5) is 4.57. The van der Waals surface area contributed by atoms with E-state index in [0.717, 1.165) is 54.4 Å². The van der Waals surface area contributed by atoms with Crippen LogP contribution in [-0.4, -0.2) is 33.9 Å². The van der Waals surface area contributed by atoms with Crippen LogP contribution >= 0.6 is 0 Å². The van der Waals surface area contributed by atoms with E-state index in [1.165, 1.54) is 0 Å². The second-order valence-electron chi connectivity index (χ2n) is 5.24. The third kappa shape index (κ3) is 2.30. The molecule has 1 aliphatic heterocycles. The van der Waals surface area contributed by atoms with E-state index in [9.17, 15) is 0 Å². The summed E-state index contributed by atoms with van der Waals surface area (Å²) in [5, 5.41) is 8.00. The average Bonchev–Trinajstić information content (AvgIpc) is 2.98. The summed E-state index contributed by atoms with van der Waals surface area (Å²) in [5.74, 6) is 0.995. The Bertz CT molecular complexity index is 599. The van der Waals surface area contributed by atoms with Crippen LogP contribution in [0.15, 0.2) is 6.07 Å². The van der Waals surface area contributed by atoms with Crippen LogP contribution in [0.3, 0.4) is 0 Å². The maximum absolute atomic E-state index is 5.64. The van der Waals surface area contributed by atoms with E-state index < -0.39 is 0 Å². The van der Waals surface area contributed by atoms with Crippen molar-refractivity contribution in [1.82, 2.24) is 14.6 Å². The molecule has 19 heavy (non-hydrogen) atoms. The van der Waals surface area contributed by atoms with Crippen molar-refractivity contribution in [2.45, 2.75) is 39.7 Å². The maximum Gasteiger partial charge on any atom is 0.160 e. The molecule has 0 aliphatic carbocycles. The summed E-state index contributed by atoms with van der Waals surface area (Å²) in [6.45, 7) is 7.81. The van der Waals surface area contributed by atoms with Crippen LogP contribution in [0, 0.1) is 20.8 Å². The Hall–Kier alpha value is -1.62. The SMILES string of the molecule is Cc1cc(NC[C@@H]2CCCO2)n2nc(C)c(C)c2n1. The minimum Gasteiger partial charge on any atom is -0.376 e. The molecule has 102 valence electrons. The first-order valence-corrected chi connectivity index (χ1v) is 6.84. The van der Waals surface area contributed by atoms with Crippen LogP contribution in [0.25, 0.3) is 5.65 Å². The third-order valence-corrected chi connectivity index (χ3v) is 3.72. The highest BCUT2D eigenvalue weighted by molar-refractivity contribution is 5.55. The van der Waals surface area contributed by atoms with Gasteiger partial charge in [-0.2, -0.15) is 9.61 Å². The largest absolute Gasteiger partial charge is 0.376 e. The second kappa shape index (κ2) is 4.81. The number of anilines is 1. The van der Waals surface area contributed by atoms with Crippen molar-refractivity contribution in [3.8, 4) is 0 Å². The molecule has 1 atom stereocenters. The molecular formula is C14H20N4O. The quantitative estimate of drug-likeness (QED) is 0.919. The lowest BCUT2D eigenvalue weighted by Crippen LogP contribution is -2.20. The highest BCUT2D eigenvalue weighted by Gasteiger charge is 2.16. The summed E-state index contributed by atoms with van der Waals surface area (Å²) < 4.78 is 7.53. The minimum absolute atomic E-state index is 0.321. The molecule has 0 amide bonds. The lowest BCUT2D eigenvalue weighted by Gasteiger charge is -2.13. The van der Waals surface area contributed by atoms with Gasteiger partial charge < -0.3 is 10.1 Å². The Morgan fingerprint density at radius 3 is 3.00 bits per heavy atom. The predicted octanol–water partition coefficient (Wildman–Crippen LogP) is 2.25. The fourth-order valence-corrected chi connectivity index (χ4v) is 2.50. The van der Waals surface area contributed by atoms with Crippen LogP contribution < -0.4 is 5.32 Å². The van der Waals surface area contributed by atoms with Gasteiger partial charge in [0.25, 0.3) is 0 Å². The monoisotopic (exact) mass is 260 g/mol. The molecule has 1 aliphatic rings. The van der Waals surface area contributed by atoms with Gasteiger partial charge in [0, 0.05) is 30.5 Å². The van der Waals surface area contributed by atoms with Crippen LogP contribution in [0.5, 0.6) is 0 Å². The molecule has 0 unspecified atom stereocenters. The number of aromatic nitrogens is 3. The summed E-state index contributed by atoms with van der Waals surface area (Å²) in [6, 6.07) is 2.04. The van der Waals surface area contributed by atoms with Gasteiger partial charge in [0.2, 0.25) is 0 Å². The molecule has 2 aromatic heterocycles. The zero-order chi connectivity index (χ0) is 13.4. The van der Waals surface area contributed by atoms with Crippen molar-refractivity contribution in [2.24, 2.45) is 0 Å². The van der Waals surface area contributed by atoms with Gasteiger partial charge in [-0.1, -0.05) is 0 Å². The summed E-state index contributed by atoms with van der Waals surface area (Å²) in [7, 11) is 0. The first-order chi connectivity index (χ1) is 9.15. The molecular weight excluding hydrogens is 240 g/mol. The molecule has 1 saturated heterocycles. The van der Waals surface area contributed by atoms with E-state index >= 15 is 0 Å². The Labute approximate surface area is 113 Å². The van der Waals surface area contributed by atoms with E-state index in [4.69, 9.17) is 4.74 Å². The first-order valence-electron chi connectivity index (χ1n) is 6.84. The predicted molar refractivity (Wildman–Crippen MR) is 74.7 cm³/mol. The normalized spacial score (nSPS) is 19.2. The van der Waals surface area contributed by atoms with Gasteiger partial charge in [-0.3, -0.25) is 0 Å². The molecule has 0 saturated carbocycles. The number of nitrogens with one attached hydrogen (secondary N) is 1. The summed E-state index contributed by atoms with van der Waals surface area (Å²) in [5.41, 5.74) is 4.11. The van der Waals surface area contributed by atoms with E-state index in [-0.39, 0.29) is 0 Å². The molecule has 5 heteroatoms. The highest BCUT2D eigenvalue weighted by Crippen LogP contribution is 2.19. The number of fused-ring (bicyclic) bond motifs is 1. The molecule has 1 N–H and O–H groups in total. The first kappa shape index (κ1) is 12.4. The number of rotatable bonds is 3. The smallest absolute Gasteiger partial charge is 0.160 e. The highest BCUT2D eigenvalue weighted by atomic mass is 16.5. The Balaban J connectivity index is 1.91. The summed E-state index contributed by atoms with van der Waals surface area (Å²) >= 11 is 0. The molecule has 0 aromatic carbocycles. The third-order valence-electron chi connectivity index (χ3n) is 3.72.